The van der Waals surface area contributed by atoms with Gasteiger partial charge in [-0.05, 0) is 34.8 Å². The van der Waals surface area contributed by atoms with Gasteiger partial charge in [-0.3, -0.25) is 0 Å². The summed E-state index contributed by atoms with van der Waals surface area (Å²) in [5.41, 5.74) is 0. The van der Waals surface area contributed by atoms with Gasteiger partial charge in [-0.1, -0.05) is 18.5 Å². The molecule has 0 radical (unpaired) electrons. The van der Waals surface area contributed by atoms with E-state index in [1.54, 1.807) is 0 Å². The zero-order chi connectivity index (χ0) is 13.1. The van der Waals surface area contributed by atoms with Crippen LogP contribution in [-0.4, -0.2) is 19.2 Å². The van der Waals surface area contributed by atoms with E-state index in [9.17, 15) is 4.39 Å². The lowest BCUT2D eigenvalue weighted by molar-refractivity contribution is 0.253. The SMILES string of the molecule is CC(CNC1CC1)COc1cc(F)c(Cl)cc1Br. The van der Waals surface area contributed by atoms with Gasteiger partial charge < -0.3 is 10.1 Å². The van der Waals surface area contributed by atoms with Crippen molar-refractivity contribution in [3.05, 3.63) is 27.4 Å². The number of rotatable bonds is 6. The second-order valence-corrected chi connectivity index (χ2v) is 6.06. The largest absolute Gasteiger partial charge is 0.492 e. The van der Waals surface area contributed by atoms with E-state index in [4.69, 9.17) is 16.3 Å². The van der Waals surface area contributed by atoms with E-state index in [2.05, 4.69) is 28.2 Å². The molecule has 0 spiro atoms. The van der Waals surface area contributed by atoms with Gasteiger partial charge >= 0.3 is 0 Å². The molecule has 0 bridgehead atoms. The third-order valence-electron chi connectivity index (χ3n) is 2.83. The summed E-state index contributed by atoms with van der Waals surface area (Å²) in [6.45, 7) is 3.59. The Morgan fingerprint density at radius 3 is 2.94 bits per heavy atom. The molecule has 1 atom stereocenters. The molecular weight excluding hydrogens is 321 g/mol. The fourth-order valence-electron chi connectivity index (χ4n) is 1.56. The summed E-state index contributed by atoms with van der Waals surface area (Å²) in [6.07, 6.45) is 2.56. The van der Waals surface area contributed by atoms with Gasteiger partial charge in [0.1, 0.15) is 11.6 Å². The van der Waals surface area contributed by atoms with Crippen LogP contribution in [-0.2, 0) is 0 Å². The van der Waals surface area contributed by atoms with E-state index >= 15 is 0 Å². The van der Waals surface area contributed by atoms with Gasteiger partial charge in [0.05, 0.1) is 16.1 Å². The van der Waals surface area contributed by atoms with Crippen molar-refractivity contribution in [3.63, 3.8) is 0 Å². The molecule has 1 unspecified atom stereocenters. The Hall–Kier alpha value is -0.320. The zero-order valence-electron chi connectivity index (χ0n) is 10.2. The second kappa shape index (κ2) is 6.22. The lowest BCUT2D eigenvalue weighted by Crippen LogP contribution is -2.26. The first-order valence-electron chi connectivity index (χ1n) is 6.07. The monoisotopic (exact) mass is 335 g/mol. The normalized spacial score (nSPS) is 16.7. The van der Waals surface area contributed by atoms with Crippen molar-refractivity contribution < 1.29 is 9.13 Å². The number of hydrogen-bond acceptors (Lipinski definition) is 2. The maximum atomic E-state index is 13.3. The standard InChI is InChI=1S/C13H16BrClFNO/c1-8(6-17-9-2-3-9)7-18-13-5-12(16)11(15)4-10(13)14/h4-5,8-9,17H,2-3,6-7H2,1H3. The molecule has 0 heterocycles. The molecule has 1 fully saturated rings. The summed E-state index contributed by atoms with van der Waals surface area (Å²) in [5, 5.41) is 3.54. The molecule has 1 N–H and O–H groups in total. The number of benzene rings is 1. The number of halogens is 3. The van der Waals surface area contributed by atoms with Crippen LogP contribution in [0.2, 0.25) is 5.02 Å². The molecular formula is C13H16BrClFNO. The average Bonchev–Trinajstić information content (AvgIpc) is 3.13. The van der Waals surface area contributed by atoms with Crippen LogP contribution < -0.4 is 10.1 Å². The quantitative estimate of drug-likeness (QED) is 0.793. The summed E-state index contributed by atoms with van der Waals surface area (Å²) >= 11 is 8.98. The van der Waals surface area contributed by atoms with Gasteiger partial charge in [0.15, 0.2) is 0 Å². The molecule has 1 saturated carbocycles. The average molecular weight is 337 g/mol. The van der Waals surface area contributed by atoms with Gasteiger partial charge in [-0.25, -0.2) is 4.39 Å². The summed E-state index contributed by atoms with van der Waals surface area (Å²) in [6, 6.07) is 3.53. The first-order chi connectivity index (χ1) is 8.56. The van der Waals surface area contributed by atoms with Gasteiger partial charge in [0, 0.05) is 24.6 Å². The Morgan fingerprint density at radius 1 is 1.56 bits per heavy atom. The Labute approximate surface area is 120 Å². The van der Waals surface area contributed by atoms with E-state index in [0.29, 0.717) is 28.8 Å². The molecule has 2 rings (SSSR count). The van der Waals surface area contributed by atoms with Crippen LogP contribution in [0.25, 0.3) is 0 Å². The summed E-state index contributed by atoms with van der Waals surface area (Å²) < 4.78 is 19.6. The number of hydrogen-bond donors (Lipinski definition) is 1. The van der Waals surface area contributed by atoms with E-state index in [1.165, 1.54) is 25.0 Å². The highest BCUT2D eigenvalue weighted by Crippen LogP contribution is 2.30. The van der Waals surface area contributed by atoms with E-state index < -0.39 is 5.82 Å². The molecule has 0 aliphatic heterocycles. The maximum Gasteiger partial charge on any atom is 0.145 e. The minimum absolute atomic E-state index is 0.0951. The first kappa shape index (κ1) is 14.1. The first-order valence-corrected chi connectivity index (χ1v) is 7.24. The van der Waals surface area contributed by atoms with E-state index in [-0.39, 0.29) is 5.02 Å². The van der Waals surface area contributed by atoms with Crippen molar-refractivity contribution in [2.24, 2.45) is 5.92 Å². The molecule has 5 heteroatoms. The maximum absolute atomic E-state index is 13.3. The summed E-state index contributed by atoms with van der Waals surface area (Å²) in [4.78, 5) is 0. The highest BCUT2D eigenvalue weighted by Gasteiger charge is 2.21. The molecule has 1 aliphatic rings. The van der Waals surface area contributed by atoms with Gasteiger partial charge in [-0.2, -0.15) is 0 Å². The van der Waals surface area contributed by atoms with Crippen LogP contribution in [0.4, 0.5) is 4.39 Å². The van der Waals surface area contributed by atoms with Crippen molar-refractivity contribution in [1.29, 1.82) is 0 Å². The number of nitrogens with one attached hydrogen (secondary N) is 1. The molecule has 100 valence electrons. The molecule has 1 aromatic rings. The lowest BCUT2D eigenvalue weighted by Gasteiger charge is -2.15. The minimum atomic E-state index is -0.460. The predicted octanol–water partition coefficient (Wildman–Crippen LogP) is 4.01. The molecule has 0 amide bonds. The molecule has 1 aliphatic carbocycles. The van der Waals surface area contributed by atoms with E-state index in [1.807, 2.05) is 0 Å². The van der Waals surface area contributed by atoms with Crippen molar-refractivity contribution in [1.82, 2.24) is 5.32 Å². The van der Waals surface area contributed by atoms with Crippen molar-refractivity contribution in [2.75, 3.05) is 13.2 Å². The van der Waals surface area contributed by atoms with Gasteiger partial charge in [0.25, 0.3) is 0 Å². The highest BCUT2D eigenvalue weighted by molar-refractivity contribution is 9.10. The molecule has 1 aromatic carbocycles. The van der Waals surface area contributed by atoms with E-state index in [0.717, 1.165) is 6.54 Å². The molecule has 0 aromatic heterocycles. The van der Waals surface area contributed by atoms with Crippen molar-refractivity contribution in [3.8, 4) is 5.75 Å². The lowest BCUT2D eigenvalue weighted by atomic mass is 10.2. The predicted molar refractivity (Wildman–Crippen MR) is 74.8 cm³/mol. The Balaban J connectivity index is 1.82. The van der Waals surface area contributed by atoms with Crippen molar-refractivity contribution in [2.45, 2.75) is 25.8 Å². The fraction of sp³-hybridized carbons (Fsp3) is 0.538. The topological polar surface area (TPSA) is 21.3 Å². The molecule has 2 nitrogen and oxygen atoms in total. The van der Waals surface area contributed by atoms with Gasteiger partial charge in [-0.15, -0.1) is 0 Å². The Kier molecular flexibility index (Phi) is 4.87. The zero-order valence-corrected chi connectivity index (χ0v) is 12.5. The van der Waals surface area contributed by atoms with Gasteiger partial charge in [0.2, 0.25) is 0 Å². The highest BCUT2D eigenvalue weighted by atomic mass is 79.9. The van der Waals surface area contributed by atoms with Crippen LogP contribution in [0.5, 0.6) is 5.75 Å². The molecule has 18 heavy (non-hydrogen) atoms. The van der Waals surface area contributed by atoms with Crippen LogP contribution in [0.15, 0.2) is 16.6 Å². The Bertz CT molecular complexity index is 426. The summed E-state index contributed by atoms with van der Waals surface area (Å²) in [7, 11) is 0. The van der Waals surface area contributed by atoms with Crippen LogP contribution in [0.1, 0.15) is 19.8 Å². The van der Waals surface area contributed by atoms with Crippen LogP contribution in [0.3, 0.4) is 0 Å². The Morgan fingerprint density at radius 2 is 2.28 bits per heavy atom. The molecule has 0 saturated heterocycles. The fourth-order valence-corrected chi connectivity index (χ4v) is 2.31. The number of ether oxygens (including phenoxy) is 1. The van der Waals surface area contributed by atoms with Crippen LogP contribution in [0, 0.1) is 11.7 Å². The minimum Gasteiger partial charge on any atom is -0.492 e. The smallest absolute Gasteiger partial charge is 0.145 e. The van der Waals surface area contributed by atoms with Crippen molar-refractivity contribution >= 4 is 27.5 Å². The third-order valence-corrected chi connectivity index (χ3v) is 3.74. The van der Waals surface area contributed by atoms with Crippen LogP contribution >= 0.6 is 27.5 Å². The summed E-state index contributed by atoms with van der Waals surface area (Å²) in [5.74, 6) is 0.421. The second-order valence-electron chi connectivity index (χ2n) is 4.80. The third kappa shape index (κ3) is 4.11.